The van der Waals surface area contributed by atoms with E-state index in [9.17, 15) is 13.2 Å². The van der Waals surface area contributed by atoms with E-state index in [-0.39, 0.29) is 16.2 Å². The van der Waals surface area contributed by atoms with Crippen LogP contribution in [0, 0.1) is 12.3 Å². The number of aryl methyl sites for hydroxylation is 1. The lowest BCUT2D eigenvalue weighted by Crippen LogP contribution is -2.40. The topological polar surface area (TPSA) is 69.7 Å². The molecule has 0 saturated heterocycles. The minimum absolute atomic E-state index is 0.0853. The summed E-state index contributed by atoms with van der Waals surface area (Å²) in [6, 6.07) is 4.74. The number of nitrogens with one attached hydrogen (secondary N) is 1. The molecule has 0 aliphatic heterocycles. The van der Waals surface area contributed by atoms with Gasteiger partial charge in [-0.05, 0) is 44.1 Å². The Kier molecular flexibility index (Phi) is 7.80. The molecule has 0 aromatic heterocycles. The predicted octanol–water partition coefficient (Wildman–Crippen LogP) is 2.34. The van der Waals surface area contributed by atoms with E-state index in [2.05, 4.69) is 24.1 Å². The van der Waals surface area contributed by atoms with Crippen LogP contribution in [0.25, 0.3) is 0 Å². The van der Waals surface area contributed by atoms with Crippen molar-refractivity contribution < 1.29 is 13.2 Å². The fraction of sp³-hybridized carbons (Fsp3) is 0.632. The average molecular weight is 384 g/mol. The van der Waals surface area contributed by atoms with E-state index in [0.717, 1.165) is 12.1 Å². The SMILES string of the molecule is CCN(CC)S(=O)(=O)c1ccc(C)c(C(=O)NCC(C)(C)CN(C)C)c1. The Morgan fingerprint density at radius 1 is 1.15 bits per heavy atom. The molecule has 0 aliphatic carbocycles. The molecule has 0 atom stereocenters. The molecule has 0 heterocycles. The van der Waals surface area contributed by atoms with Gasteiger partial charge in [0, 0.05) is 31.7 Å². The van der Waals surface area contributed by atoms with E-state index >= 15 is 0 Å². The Morgan fingerprint density at radius 2 is 1.73 bits per heavy atom. The molecule has 0 aliphatic rings. The molecule has 1 rings (SSSR count). The summed E-state index contributed by atoms with van der Waals surface area (Å²) in [6.07, 6.45) is 0. The second-order valence-corrected chi connectivity index (χ2v) is 9.59. The van der Waals surface area contributed by atoms with Crippen molar-refractivity contribution in [2.24, 2.45) is 5.41 Å². The number of hydrogen-bond acceptors (Lipinski definition) is 4. The average Bonchev–Trinajstić information content (AvgIpc) is 2.52. The maximum Gasteiger partial charge on any atom is 0.251 e. The fourth-order valence-electron chi connectivity index (χ4n) is 3.05. The third kappa shape index (κ3) is 5.79. The highest BCUT2D eigenvalue weighted by atomic mass is 32.2. The Bertz CT molecular complexity index is 724. The van der Waals surface area contributed by atoms with Gasteiger partial charge in [-0.15, -0.1) is 0 Å². The van der Waals surface area contributed by atoms with Crippen molar-refractivity contribution in [3.63, 3.8) is 0 Å². The normalized spacial score (nSPS) is 12.7. The number of amides is 1. The molecule has 0 bridgehead atoms. The quantitative estimate of drug-likeness (QED) is 0.711. The molecule has 1 amide bonds. The molecule has 0 radical (unpaired) electrons. The molecule has 0 spiro atoms. The van der Waals surface area contributed by atoms with Crippen LogP contribution in [0.1, 0.15) is 43.6 Å². The second-order valence-electron chi connectivity index (χ2n) is 7.65. The van der Waals surface area contributed by atoms with Crippen molar-refractivity contribution in [1.29, 1.82) is 0 Å². The van der Waals surface area contributed by atoms with Crippen molar-refractivity contribution in [3.05, 3.63) is 29.3 Å². The van der Waals surface area contributed by atoms with Crippen LogP contribution in [0.15, 0.2) is 23.1 Å². The van der Waals surface area contributed by atoms with E-state index in [1.54, 1.807) is 26.0 Å². The van der Waals surface area contributed by atoms with E-state index < -0.39 is 10.0 Å². The third-order valence-corrected chi connectivity index (χ3v) is 6.31. The van der Waals surface area contributed by atoms with Gasteiger partial charge in [-0.1, -0.05) is 33.8 Å². The molecule has 7 heteroatoms. The lowest BCUT2D eigenvalue weighted by Gasteiger charge is -2.28. The number of rotatable bonds is 9. The molecule has 0 saturated carbocycles. The van der Waals surface area contributed by atoms with Crippen molar-refractivity contribution in [1.82, 2.24) is 14.5 Å². The molecule has 1 aromatic carbocycles. The first-order chi connectivity index (χ1) is 11.9. The highest BCUT2D eigenvalue weighted by molar-refractivity contribution is 7.89. The Hall–Kier alpha value is -1.44. The van der Waals surface area contributed by atoms with Gasteiger partial charge in [0.25, 0.3) is 5.91 Å². The summed E-state index contributed by atoms with van der Waals surface area (Å²) >= 11 is 0. The number of carbonyl (C=O) groups is 1. The summed E-state index contributed by atoms with van der Waals surface area (Å²) in [5.41, 5.74) is 1.07. The lowest BCUT2D eigenvalue weighted by atomic mass is 9.92. The first-order valence-electron chi connectivity index (χ1n) is 8.98. The number of nitrogens with zero attached hydrogens (tertiary/aromatic N) is 2. The van der Waals surface area contributed by atoms with E-state index in [1.165, 1.54) is 10.4 Å². The Labute approximate surface area is 158 Å². The highest BCUT2D eigenvalue weighted by Gasteiger charge is 2.24. The molecule has 6 nitrogen and oxygen atoms in total. The summed E-state index contributed by atoms with van der Waals surface area (Å²) < 4.78 is 26.8. The Morgan fingerprint density at radius 3 is 2.23 bits per heavy atom. The molecule has 0 fully saturated rings. The summed E-state index contributed by atoms with van der Waals surface area (Å²) in [6.45, 7) is 11.7. The molecular weight excluding hydrogens is 350 g/mol. The largest absolute Gasteiger partial charge is 0.351 e. The van der Waals surface area contributed by atoms with Gasteiger partial charge in [0.15, 0.2) is 0 Å². The maximum absolute atomic E-state index is 12.7. The molecular formula is C19H33N3O3S. The standard InChI is InChI=1S/C19H33N3O3S/c1-8-22(9-2)26(24,25)16-11-10-15(3)17(12-16)18(23)20-13-19(4,5)14-21(6)7/h10-12H,8-9,13-14H2,1-7H3,(H,20,23). The van der Waals surface area contributed by atoms with Crippen LogP contribution in [0.5, 0.6) is 0 Å². The van der Waals surface area contributed by atoms with Gasteiger partial charge in [0.05, 0.1) is 4.90 Å². The zero-order chi connectivity index (χ0) is 20.1. The number of benzene rings is 1. The summed E-state index contributed by atoms with van der Waals surface area (Å²) in [7, 11) is 0.404. The van der Waals surface area contributed by atoms with Crippen LogP contribution in [0.2, 0.25) is 0 Å². The zero-order valence-corrected chi connectivity index (χ0v) is 17.9. The summed E-state index contributed by atoms with van der Waals surface area (Å²) in [4.78, 5) is 14.9. The number of sulfonamides is 1. The fourth-order valence-corrected chi connectivity index (χ4v) is 4.53. The first kappa shape index (κ1) is 22.6. The first-order valence-corrected chi connectivity index (χ1v) is 10.4. The van der Waals surface area contributed by atoms with Crippen LogP contribution in [0.3, 0.4) is 0 Å². The van der Waals surface area contributed by atoms with E-state index in [1.807, 2.05) is 21.0 Å². The molecule has 1 N–H and O–H groups in total. The monoisotopic (exact) mass is 383 g/mol. The third-order valence-electron chi connectivity index (χ3n) is 4.27. The van der Waals surface area contributed by atoms with Gasteiger partial charge >= 0.3 is 0 Å². The van der Waals surface area contributed by atoms with Gasteiger partial charge in [-0.3, -0.25) is 4.79 Å². The van der Waals surface area contributed by atoms with Crippen molar-refractivity contribution in [3.8, 4) is 0 Å². The van der Waals surface area contributed by atoms with Crippen LogP contribution in [-0.4, -0.2) is 63.8 Å². The van der Waals surface area contributed by atoms with Crippen LogP contribution < -0.4 is 5.32 Å². The van der Waals surface area contributed by atoms with Crippen molar-refractivity contribution in [2.45, 2.75) is 39.5 Å². The van der Waals surface area contributed by atoms with Crippen molar-refractivity contribution in [2.75, 3.05) is 40.3 Å². The van der Waals surface area contributed by atoms with E-state index in [4.69, 9.17) is 0 Å². The van der Waals surface area contributed by atoms with Crippen LogP contribution >= 0.6 is 0 Å². The van der Waals surface area contributed by atoms with Crippen LogP contribution in [-0.2, 0) is 10.0 Å². The smallest absolute Gasteiger partial charge is 0.251 e. The minimum Gasteiger partial charge on any atom is -0.351 e. The summed E-state index contributed by atoms with van der Waals surface area (Å²) in [5, 5.41) is 2.95. The predicted molar refractivity (Wildman–Crippen MR) is 106 cm³/mol. The number of hydrogen-bond donors (Lipinski definition) is 1. The van der Waals surface area contributed by atoms with Gasteiger partial charge < -0.3 is 10.2 Å². The van der Waals surface area contributed by atoms with Crippen LogP contribution in [0.4, 0.5) is 0 Å². The van der Waals surface area contributed by atoms with Gasteiger partial charge in [0.2, 0.25) is 10.0 Å². The number of carbonyl (C=O) groups excluding carboxylic acids is 1. The molecule has 0 unspecified atom stereocenters. The molecule has 1 aromatic rings. The maximum atomic E-state index is 12.7. The zero-order valence-electron chi connectivity index (χ0n) is 17.1. The summed E-state index contributed by atoms with van der Waals surface area (Å²) in [5.74, 6) is -0.245. The molecule has 148 valence electrons. The highest BCUT2D eigenvalue weighted by Crippen LogP contribution is 2.20. The lowest BCUT2D eigenvalue weighted by molar-refractivity contribution is 0.0928. The van der Waals surface area contributed by atoms with Gasteiger partial charge in [-0.2, -0.15) is 4.31 Å². The molecule has 26 heavy (non-hydrogen) atoms. The van der Waals surface area contributed by atoms with E-state index in [0.29, 0.717) is 25.2 Å². The second kappa shape index (κ2) is 8.97. The Balaban J connectivity index is 3.05. The van der Waals surface area contributed by atoms with Crippen molar-refractivity contribution >= 4 is 15.9 Å². The van der Waals surface area contributed by atoms with Gasteiger partial charge in [0.1, 0.15) is 0 Å². The van der Waals surface area contributed by atoms with Gasteiger partial charge in [-0.25, -0.2) is 8.42 Å². The minimum atomic E-state index is -3.59.